The van der Waals surface area contributed by atoms with Crippen molar-refractivity contribution < 1.29 is 5.11 Å². The van der Waals surface area contributed by atoms with Crippen molar-refractivity contribution in [3.63, 3.8) is 0 Å². The van der Waals surface area contributed by atoms with Gasteiger partial charge in [-0.2, -0.15) is 0 Å². The molecule has 1 rings (SSSR count). The first-order valence-corrected chi connectivity index (χ1v) is 6.95. The molecular formula is C16H27NO. The molecule has 2 heteroatoms. The molecule has 0 radical (unpaired) electrons. The van der Waals surface area contributed by atoms with Crippen LogP contribution in [0.3, 0.4) is 0 Å². The Labute approximate surface area is 112 Å². The average Bonchev–Trinajstić information content (AvgIpc) is 2.31. The molecule has 0 aliphatic rings. The SMILES string of the molecule is CCCN(CC(O)c1cc(C)ccc1C)C(C)C. The van der Waals surface area contributed by atoms with Crippen molar-refractivity contribution in [3.8, 4) is 0 Å². The standard InChI is InChI=1S/C16H27NO/c1-6-9-17(12(2)3)11-16(18)15-10-13(4)7-8-14(15)5/h7-8,10,12,16,18H,6,9,11H2,1-5H3. The molecule has 0 saturated heterocycles. The zero-order chi connectivity index (χ0) is 13.7. The van der Waals surface area contributed by atoms with Gasteiger partial charge in [-0.05, 0) is 51.8 Å². The number of aryl methyl sites for hydroxylation is 2. The molecule has 1 unspecified atom stereocenters. The van der Waals surface area contributed by atoms with Gasteiger partial charge in [-0.25, -0.2) is 0 Å². The highest BCUT2D eigenvalue weighted by molar-refractivity contribution is 5.32. The molecule has 0 aromatic heterocycles. The number of aliphatic hydroxyl groups excluding tert-OH is 1. The molecule has 18 heavy (non-hydrogen) atoms. The quantitative estimate of drug-likeness (QED) is 0.834. The van der Waals surface area contributed by atoms with Gasteiger partial charge in [0.25, 0.3) is 0 Å². The lowest BCUT2D eigenvalue weighted by Crippen LogP contribution is -2.35. The lowest BCUT2D eigenvalue weighted by molar-refractivity contribution is 0.0951. The molecule has 0 saturated carbocycles. The molecular weight excluding hydrogens is 222 g/mol. The van der Waals surface area contributed by atoms with Crippen LogP contribution in [-0.4, -0.2) is 29.1 Å². The summed E-state index contributed by atoms with van der Waals surface area (Å²) in [6.45, 7) is 12.4. The summed E-state index contributed by atoms with van der Waals surface area (Å²) >= 11 is 0. The minimum atomic E-state index is -0.390. The Morgan fingerprint density at radius 2 is 1.89 bits per heavy atom. The van der Waals surface area contributed by atoms with E-state index in [2.05, 4.69) is 57.7 Å². The molecule has 1 N–H and O–H groups in total. The second kappa shape index (κ2) is 6.91. The van der Waals surface area contributed by atoms with Crippen LogP contribution in [-0.2, 0) is 0 Å². The summed E-state index contributed by atoms with van der Waals surface area (Å²) in [5.41, 5.74) is 3.45. The van der Waals surface area contributed by atoms with Crippen molar-refractivity contribution in [3.05, 3.63) is 34.9 Å². The highest BCUT2D eigenvalue weighted by Gasteiger charge is 2.16. The van der Waals surface area contributed by atoms with Gasteiger partial charge in [0.05, 0.1) is 6.10 Å². The van der Waals surface area contributed by atoms with Gasteiger partial charge in [-0.15, -0.1) is 0 Å². The monoisotopic (exact) mass is 249 g/mol. The smallest absolute Gasteiger partial charge is 0.0919 e. The fourth-order valence-corrected chi connectivity index (χ4v) is 2.29. The van der Waals surface area contributed by atoms with Crippen molar-refractivity contribution in [2.24, 2.45) is 0 Å². The van der Waals surface area contributed by atoms with Crippen LogP contribution < -0.4 is 0 Å². The van der Waals surface area contributed by atoms with E-state index in [1.807, 2.05) is 0 Å². The summed E-state index contributed by atoms with van der Waals surface area (Å²) < 4.78 is 0. The minimum Gasteiger partial charge on any atom is -0.387 e. The summed E-state index contributed by atoms with van der Waals surface area (Å²) in [4.78, 5) is 2.34. The van der Waals surface area contributed by atoms with Crippen molar-refractivity contribution >= 4 is 0 Å². The molecule has 1 aromatic carbocycles. The summed E-state index contributed by atoms with van der Waals surface area (Å²) in [5, 5.41) is 10.4. The lowest BCUT2D eigenvalue weighted by Gasteiger charge is -2.29. The number of hydrogen-bond donors (Lipinski definition) is 1. The summed E-state index contributed by atoms with van der Waals surface area (Å²) in [7, 11) is 0. The predicted octanol–water partition coefficient (Wildman–Crippen LogP) is 3.46. The highest BCUT2D eigenvalue weighted by atomic mass is 16.3. The fourth-order valence-electron chi connectivity index (χ4n) is 2.29. The van der Waals surface area contributed by atoms with Crippen molar-refractivity contribution in [2.75, 3.05) is 13.1 Å². The largest absolute Gasteiger partial charge is 0.387 e. The molecule has 2 nitrogen and oxygen atoms in total. The Bertz CT molecular complexity index is 373. The second-order valence-corrected chi connectivity index (χ2v) is 5.46. The van der Waals surface area contributed by atoms with Crippen LogP contribution in [0.5, 0.6) is 0 Å². The zero-order valence-corrected chi connectivity index (χ0v) is 12.4. The molecule has 0 spiro atoms. The van der Waals surface area contributed by atoms with Crippen LogP contribution in [0.15, 0.2) is 18.2 Å². The molecule has 0 fully saturated rings. The third kappa shape index (κ3) is 4.11. The topological polar surface area (TPSA) is 23.5 Å². The van der Waals surface area contributed by atoms with E-state index in [1.54, 1.807) is 0 Å². The van der Waals surface area contributed by atoms with Gasteiger partial charge in [0.2, 0.25) is 0 Å². The fraction of sp³-hybridized carbons (Fsp3) is 0.625. The Morgan fingerprint density at radius 1 is 1.22 bits per heavy atom. The van der Waals surface area contributed by atoms with E-state index < -0.39 is 0 Å². The van der Waals surface area contributed by atoms with E-state index in [0.717, 1.165) is 25.1 Å². The molecule has 0 aliphatic heterocycles. The van der Waals surface area contributed by atoms with E-state index in [1.165, 1.54) is 11.1 Å². The molecule has 0 amide bonds. The Morgan fingerprint density at radius 3 is 2.44 bits per heavy atom. The predicted molar refractivity (Wildman–Crippen MR) is 77.9 cm³/mol. The van der Waals surface area contributed by atoms with Gasteiger partial charge in [-0.3, -0.25) is 4.90 Å². The normalized spacial score (nSPS) is 13.3. The number of nitrogens with zero attached hydrogens (tertiary/aromatic N) is 1. The van der Waals surface area contributed by atoms with E-state index in [-0.39, 0.29) is 6.10 Å². The first kappa shape index (κ1) is 15.2. The molecule has 102 valence electrons. The highest BCUT2D eigenvalue weighted by Crippen LogP contribution is 2.21. The van der Waals surface area contributed by atoms with Gasteiger partial charge in [0.15, 0.2) is 0 Å². The van der Waals surface area contributed by atoms with Gasteiger partial charge < -0.3 is 5.11 Å². The van der Waals surface area contributed by atoms with E-state index in [4.69, 9.17) is 0 Å². The Hall–Kier alpha value is -0.860. The molecule has 1 aromatic rings. The van der Waals surface area contributed by atoms with E-state index in [9.17, 15) is 5.11 Å². The van der Waals surface area contributed by atoms with Gasteiger partial charge in [0.1, 0.15) is 0 Å². The van der Waals surface area contributed by atoms with Crippen LogP contribution >= 0.6 is 0 Å². The summed E-state index contributed by atoms with van der Waals surface area (Å²) in [6.07, 6.45) is 0.733. The van der Waals surface area contributed by atoms with Crippen LogP contribution in [0.4, 0.5) is 0 Å². The first-order chi connectivity index (χ1) is 8.45. The number of hydrogen-bond acceptors (Lipinski definition) is 2. The maximum Gasteiger partial charge on any atom is 0.0919 e. The zero-order valence-electron chi connectivity index (χ0n) is 12.4. The van der Waals surface area contributed by atoms with Gasteiger partial charge >= 0.3 is 0 Å². The van der Waals surface area contributed by atoms with E-state index >= 15 is 0 Å². The number of benzene rings is 1. The van der Waals surface area contributed by atoms with Gasteiger partial charge in [0, 0.05) is 12.6 Å². The van der Waals surface area contributed by atoms with Crippen LogP contribution in [0.25, 0.3) is 0 Å². The average molecular weight is 249 g/mol. The van der Waals surface area contributed by atoms with Gasteiger partial charge in [-0.1, -0.05) is 30.7 Å². The van der Waals surface area contributed by atoms with Crippen LogP contribution in [0.2, 0.25) is 0 Å². The first-order valence-electron chi connectivity index (χ1n) is 6.95. The maximum atomic E-state index is 10.4. The minimum absolute atomic E-state index is 0.390. The lowest BCUT2D eigenvalue weighted by atomic mass is 10.00. The molecule has 0 heterocycles. The van der Waals surface area contributed by atoms with E-state index in [0.29, 0.717) is 6.04 Å². The molecule has 0 aliphatic carbocycles. The second-order valence-electron chi connectivity index (χ2n) is 5.46. The van der Waals surface area contributed by atoms with Crippen LogP contribution in [0, 0.1) is 13.8 Å². The maximum absolute atomic E-state index is 10.4. The van der Waals surface area contributed by atoms with Crippen molar-refractivity contribution in [1.29, 1.82) is 0 Å². The summed E-state index contributed by atoms with van der Waals surface area (Å²) in [5.74, 6) is 0. The third-order valence-electron chi connectivity index (χ3n) is 3.44. The van der Waals surface area contributed by atoms with Crippen LogP contribution in [0.1, 0.15) is 50.0 Å². The Kier molecular flexibility index (Phi) is 5.83. The molecule has 0 bridgehead atoms. The number of rotatable bonds is 6. The third-order valence-corrected chi connectivity index (χ3v) is 3.44. The molecule has 1 atom stereocenters. The number of aliphatic hydroxyl groups is 1. The van der Waals surface area contributed by atoms with Crippen molar-refractivity contribution in [2.45, 2.75) is 53.2 Å². The Balaban J connectivity index is 2.79. The summed E-state index contributed by atoms with van der Waals surface area (Å²) in [6, 6.07) is 6.76. The van der Waals surface area contributed by atoms with Crippen molar-refractivity contribution in [1.82, 2.24) is 4.90 Å².